The molecule has 1 heterocycles. The Morgan fingerprint density at radius 1 is 1.33 bits per heavy atom. The third-order valence-electron chi connectivity index (χ3n) is 2.71. The molecule has 1 aromatic heterocycles. The van der Waals surface area contributed by atoms with Crippen molar-refractivity contribution in [1.82, 2.24) is 15.4 Å². The quantitative estimate of drug-likeness (QED) is 0.431. The molecule has 7 heteroatoms. The number of carbonyl (C=O) groups excluding carboxylic acids is 1. The molecule has 1 aromatic carbocycles. The molecule has 0 aliphatic heterocycles. The van der Waals surface area contributed by atoms with E-state index < -0.39 is 5.91 Å². The van der Waals surface area contributed by atoms with Crippen LogP contribution in [0.15, 0.2) is 30.3 Å². The van der Waals surface area contributed by atoms with E-state index in [-0.39, 0.29) is 11.6 Å². The van der Waals surface area contributed by atoms with Gasteiger partial charge in [0, 0.05) is 5.56 Å². The lowest BCUT2D eigenvalue weighted by atomic mass is 10.1. The topological polar surface area (TPSA) is 116 Å². The maximum Gasteiger partial charge on any atom is 0.283 e. The van der Waals surface area contributed by atoms with E-state index in [9.17, 15) is 4.79 Å². The second kappa shape index (κ2) is 6.67. The van der Waals surface area contributed by atoms with Crippen LogP contribution in [0, 0.1) is 0 Å². The van der Waals surface area contributed by atoms with Gasteiger partial charge in [-0.3, -0.25) is 10.2 Å². The number of nitrogens with zero attached hydrogens (tertiary/aromatic N) is 2. The molecule has 110 valence electrons. The number of hydrogen-bond acceptors (Lipinski definition) is 6. The summed E-state index contributed by atoms with van der Waals surface area (Å²) < 4.78 is 5.57. The van der Waals surface area contributed by atoms with Crippen molar-refractivity contribution in [2.75, 3.05) is 12.3 Å². The molecule has 2 rings (SSSR count). The van der Waals surface area contributed by atoms with Gasteiger partial charge in [0.25, 0.3) is 5.91 Å². The molecule has 0 saturated heterocycles. The standard InChI is InChI=1S/C14H17N5O2/c1-2-6-21-10-5-3-4-9(7-10)11-8-12(13(20)19-16)18-14(15)17-11/h3-5,7-8H,2,6,16H2,1H3,(H,19,20)(H2,15,17,18). The Balaban J connectivity index is 2.37. The van der Waals surface area contributed by atoms with Crippen LogP contribution in [0.2, 0.25) is 0 Å². The van der Waals surface area contributed by atoms with E-state index in [1.165, 1.54) is 6.07 Å². The van der Waals surface area contributed by atoms with Crippen molar-refractivity contribution in [3.63, 3.8) is 0 Å². The van der Waals surface area contributed by atoms with Gasteiger partial charge in [0.15, 0.2) is 0 Å². The predicted molar refractivity (Wildman–Crippen MR) is 79.3 cm³/mol. The van der Waals surface area contributed by atoms with Gasteiger partial charge in [-0.15, -0.1) is 0 Å². The number of carbonyl (C=O) groups is 1. The van der Waals surface area contributed by atoms with Crippen LogP contribution in [0.5, 0.6) is 5.75 Å². The van der Waals surface area contributed by atoms with Crippen LogP contribution in [-0.2, 0) is 0 Å². The summed E-state index contributed by atoms with van der Waals surface area (Å²) in [5.41, 5.74) is 9.07. The highest BCUT2D eigenvalue weighted by Crippen LogP contribution is 2.23. The van der Waals surface area contributed by atoms with E-state index >= 15 is 0 Å². The van der Waals surface area contributed by atoms with Crippen molar-refractivity contribution in [2.45, 2.75) is 13.3 Å². The number of nitrogen functional groups attached to an aromatic ring is 2. The number of nitrogens with two attached hydrogens (primary N) is 2. The Hall–Kier alpha value is -2.67. The van der Waals surface area contributed by atoms with E-state index in [2.05, 4.69) is 9.97 Å². The fraction of sp³-hybridized carbons (Fsp3) is 0.214. The van der Waals surface area contributed by atoms with Crippen LogP contribution in [0.25, 0.3) is 11.3 Å². The normalized spacial score (nSPS) is 10.2. The maximum atomic E-state index is 11.6. The highest BCUT2D eigenvalue weighted by atomic mass is 16.5. The number of aromatic nitrogens is 2. The maximum absolute atomic E-state index is 11.6. The lowest BCUT2D eigenvalue weighted by Gasteiger charge is -2.08. The number of hydrazine groups is 1. The highest BCUT2D eigenvalue weighted by Gasteiger charge is 2.11. The SMILES string of the molecule is CCCOc1cccc(-c2cc(C(=O)NN)nc(N)n2)c1. The molecule has 5 N–H and O–H groups in total. The fourth-order valence-electron chi connectivity index (χ4n) is 1.77. The van der Waals surface area contributed by atoms with Gasteiger partial charge >= 0.3 is 0 Å². The van der Waals surface area contributed by atoms with Gasteiger partial charge < -0.3 is 10.5 Å². The van der Waals surface area contributed by atoms with Gasteiger partial charge in [-0.25, -0.2) is 15.8 Å². The van der Waals surface area contributed by atoms with Crippen molar-refractivity contribution in [3.8, 4) is 17.0 Å². The van der Waals surface area contributed by atoms with Gasteiger partial charge in [0.2, 0.25) is 5.95 Å². The van der Waals surface area contributed by atoms with Gasteiger partial charge in [0.1, 0.15) is 11.4 Å². The smallest absolute Gasteiger partial charge is 0.283 e. The summed E-state index contributed by atoms with van der Waals surface area (Å²) in [5.74, 6) is 5.32. The summed E-state index contributed by atoms with van der Waals surface area (Å²) in [6.45, 7) is 2.67. The van der Waals surface area contributed by atoms with E-state index in [1.54, 1.807) is 0 Å². The monoisotopic (exact) mass is 287 g/mol. The molecule has 2 aromatic rings. The Labute approximate surface area is 122 Å². The predicted octanol–water partition coefficient (Wildman–Crippen LogP) is 1.12. The number of benzene rings is 1. The van der Waals surface area contributed by atoms with E-state index in [0.29, 0.717) is 12.3 Å². The molecule has 0 aliphatic rings. The highest BCUT2D eigenvalue weighted by molar-refractivity contribution is 5.93. The average molecular weight is 287 g/mol. The third kappa shape index (κ3) is 3.67. The second-order valence-corrected chi connectivity index (χ2v) is 4.35. The number of amides is 1. The largest absolute Gasteiger partial charge is 0.494 e. The minimum absolute atomic E-state index is 0.00554. The van der Waals surface area contributed by atoms with E-state index in [1.807, 2.05) is 36.6 Å². The summed E-state index contributed by atoms with van der Waals surface area (Å²) in [6, 6.07) is 8.92. The summed E-state index contributed by atoms with van der Waals surface area (Å²) in [7, 11) is 0. The van der Waals surface area contributed by atoms with Crippen LogP contribution in [0.4, 0.5) is 5.95 Å². The second-order valence-electron chi connectivity index (χ2n) is 4.35. The molecule has 0 radical (unpaired) electrons. The number of rotatable bonds is 5. The molecule has 0 aliphatic carbocycles. The van der Waals surface area contributed by atoms with Gasteiger partial charge in [0.05, 0.1) is 12.3 Å². The fourth-order valence-corrected chi connectivity index (χ4v) is 1.77. The average Bonchev–Trinajstić information content (AvgIpc) is 2.51. The molecular formula is C14H17N5O2. The van der Waals surface area contributed by atoms with E-state index in [4.69, 9.17) is 16.3 Å². The van der Waals surface area contributed by atoms with Crippen molar-refractivity contribution in [1.29, 1.82) is 0 Å². The molecule has 1 amide bonds. The lowest BCUT2D eigenvalue weighted by Crippen LogP contribution is -2.31. The summed E-state index contributed by atoms with van der Waals surface area (Å²) in [6.07, 6.45) is 0.922. The van der Waals surface area contributed by atoms with Gasteiger partial charge in [-0.2, -0.15) is 0 Å². The number of anilines is 1. The van der Waals surface area contributed by atoms with E-state index in [0.717, 1.165) is 17.7 Å². The Kier molecular flexibility index (Phi) is 4.68. The molecule has 21 heavy (non-hydrogen) atoms. The first-order valence-electron chi connectivity index (χ1n) is 6.52. The van der Waals surface area contributed by atoms with Crippen molar-refractivity contribution >= 4 is 11.9 Å². The summed E-state index contributed by atoms with van der Waals surface area (Å²) in [5, 5.41) is 0. The molecule has 0 bridgehead atoms. The Bertz CT molecular complexity index is 645. The zero-order chi connectivity index (χ0) is 15.2. The van der Waals surface area contributed by atoms with Crippen LogP contribution in [0.3, 0.4) is 0 Å². The van der Waals surface area contributed by atoms with Crippen LogP contribution in [-0.4, -0.2) is 22.5 Å². The Morgan fingerprint density at radius 3 is 2.86 bits per heavy atom. The molecule has 0 unspecified atom stereocenters. The van der Waals surface area contributed by atoms with Crippen molar-refractivity contribution < 1.29 is 9.53 Å². The molecule has 0 saturated carbocycles. The Morgan fingerprint density at radius 2 is 2.14 bits per heavy atom. The first kappa shape index (κ1) is 14.7. The minimum atomic E-state index is -0.524. The summed E-state index contributed by atoms with van der Waals surface area (Å²) in [4.78, 5) is 19.5. The molecule has 0 fully saturated rings. The molecule has 0 atom stereocenters. The van der Waals surface area contributed by atoms with Crippen molar-refractivity contribution in [2.24, 2.45) is 5.84 Å². The van der Waals surface area contributed by atoms with Gasteiger partial charge in [-0.05, 0) is 24.6 Å². The molecule has 0 spiro atoms. The van der Waals surface area contributed by atoms with Crippen LogP contribution in [0.1, 0.15) is 23.8 Å². The number of nitrogens with one attached hydrogen (secondary N) is 1. The van der Waals surface area contributed by atoms with Crippen LogP contribution >= 0.6 is 0 Å². The molecule has 7 nitrogen and oxygen atoms in total. The first-order chi connectivity index (χ1) is 10.1. The van der Waals surface area contributed by atoms with Crippen molar-refractivity contribution in [3.05, 3.63) is 36.0 Å². The zero-order valence-corrected chi connectivity index (χ0v) is 11.7. The van der Waals surface area contributed by atoms with Gasteiger partial charge in [-0.1, -0.05) is 19.1 Å². The zero-order valence-electron chi connectivity index (χ0n) is 11.7. The first-order valence-corrected chi connectivity index (χ1v) is 6.52. The number of ether oxygens (including phenoxy) is 1. The third-order valence-corrected chi connectivity index (χ3v) is 2.71. The molecular weight excluding hydrogens is 270 g/mol. The summed E-state index contributed by atoms with van der Waals surface area (Å²) >= 11 is 0. The number of hydrogen-bond donors (Lipinski definition) is 3. The minimum Gasteiger partial charge on any atom is -0.494 e. The van der Waals surface area contributed by atoms with Crippen LogP contribution < -0.4 is 21.7 Å². The lowest BCUT2D eigenvalue weighted by molar-refractivity contribution is 0.0948.